The van der Waals surface area contributed by atoms with Crippen LogP contribution in [0.25, 0.3) is 38.8 Å². The number of para-hydroxylation sites is 1. The van der Waals surface area contributed by atoms with Crippen molar-refractivity contribution >= 4 is 33.2 Å². The fourth-order valence-corrected chi connectivity index (χ4v) is 8.69. The first-order valence-electron chi connectivity index (χ1n) is 22.5. The molecule has 5 nitrogen and oxygen atoms in total. The van der Waals surface area contributed by atoms with Crippen LogP contribution in [-0.2, 0) is 37.3 Å². The number of hydrogen-bond donors (Lipinski definition) is 0. The summed E-state index contributed by atoms with van der Waals surface area (Å²) < 4.78 is 9.13. The number of hydrogen-bond acceptors (Lipinski definition) is 4. The smallest absolute Gasteiger partial charge is 0.135 e. The van der Waals surface area contributed by atoms with Gasteiger partial charge in [-0.2, -0.15) is 6.07 Å². The standard InChI is InChI=1S/C58H65N4O.Pt/c1-54(2,3)40-27-28-59-51(34-40)62-49-24-20-19-23-47(49)48-26-25-45(36-50(48)62)63-46-33-42(56(7,8)9)32-44(35-46)61-37-60(52(57(10,11)12)53(61)58(13,14)15)43-30-39(38-21-17-16-18-22-38)29-41(31-43)55(4,5)6;/h16-34,37H,1-15H3;/q-3;. The van der Waals surface area contributed by atoms with E-state index >= 15 is 0 Å². The average Bonchev–Trinajstić information content (AvgIpc) is 3.78. The van der Waals surface area contributed by atoms with Gasteiger partial charge in [-0.15, -0.1) is 53.6 Å². The Bertz CT molecular complexity index is 2870. The molecule has 0 fully saturated rings. The molecule has 5 aromatic carbocycles. The summed E-state index contributed by atoms with van der Waals surface area (Å²) in [6.45, 7) is 36.6. The molecule has 8 rings (SSSR count). The van der Waals surface area contributed by atoms with Gasteiger partial charge in [0.25, 0.3) is 0 Å². The van der Waals surface area contributed by atoms with Crippen molar-refractivity contribution in [3.63, 3.8) is 0 Å². The molecule has 0 atom stereocenters. The first-order valence-corrected chi connectivity index (χ1v) is 22.5. The molecule has 2 aromatic heterocycles. The Morgan fingerprint density at radius 1 is 0.500 bits per heavy atom. The first kappa shape index (κ1) is 46.9. The summed E-state index contributed by atoms with van der Waals surface area (Å²) in [5, 5.41) is 2.25. The van der Waals surface area contributed by atoms with Gasteiger partial charge in [0.15, 0.2) is 0 Å². The maximum absolute atomic E-state index is 6.92. The number of anilines is 2. The van der Waals surface area contributed by atoms with Gasteiger partial charge in [0, 0.05) is 72.2 Å². The van der Waals surface area contributed by atoms with E-state index in [0.717, 1.165) is 44.6 Å². The second kappa shape index (κ2) is 16.7. The van der Waals surface area contributed by atoms with E-state index in [9.17, 15) is 0 Å². The first-order chi connectivity index (χ1) is 29.4. The monoisotopic (exact) mass is 1030 g/mol. The molecular weight excluding hydrogens is 964 g/mol. The second-order valence-corrected chi connectivity index (χ2v) is 22.5. The number of benzene rings is 5. The van der Waals surface area contributed by atoms with Gasteiger partial charge >= 0.3 is 0 Å². The van der Waals surface area contributed by atoms with Crippen LogP contribution < -0.4 is 14.5 Å². The van der Waals surface area contributed by atoms with E-state index in [1.807, 2.05) is 12.3 Å². The van der Waals surface area contributed by atoms with E-state index in [2.05, 4.69) is 240 Å². The molecule has 1 aliphatic rings. The largest absolute Gasteiger partial charge is 0.509 e. The molecule has 3 heterocycles. The third kappa shape index (κ3) is 9.21. The molecule has 0 radical (unpaired) electrons. The summed E-state index contributed by atoms with van der Waals surface area (Å²) in [6, 6.07) is 46.7. The molecule has 0 bridgehead atoms. The van der Waals surface area contributed by atoms with Crippen LogP contribution in [0.5, 0.6) is 11.5 Å². The summed E-state index contributed by atoms with van der Waals surface area (Å²) in [7, 11) is 0. The van der Waals surface area contributed by atoms with E-state index < -0.39 is 0 Å². The van der Waals surface area contributed by atoms with Gasteiger partial charge in [-0.25, -0.2) is 4.98 Å². The Labute approximate surface area is 397 Å². The Morgan fingerprint density at radius 3 is 1.75 bits per heavy atom. The zero-order valence-corrected chi connectivity index (χ0v) is 42.8. The van der Waals surface area contributed by atoms with Crippen LogP contribution in [0.15, 0.2) is 127 Å². The molecule has 336 valence electrons. The number of fused-ring (bicyclic) bond motifs is 3. The minimum absolute atomic E-state index is 0. The van der Waals surface area contributed by atoms with Crippen LogP contribution in [0.4, 0.5) is 11.4 Å². The number of ether oxygens (including phenoxy) is 1. The summed E-state index contributed by atoms with van der Waals surface area (Å²) in [5.74, 6) is 2.12. The SMILES string of the molecule is CC(C)(C)C1=C(C(C)(C)C)N(c2cc(-c3ccccc3)cc(C(C)(C)C)c2)[CH-]N1c1[c-]c(Oc2[c-]c3c(cc2)c2ccccc2n3-c2cc(C(C)(C)C)ccn2)cc(C(C)(C)C)c1.[Pt]. The predicted octanol–water partition coefficient (Wildman–Crippen LogP) is 15.9. The van der Waals surface area contributed by atoms with Crippen LogP contribution in [-0.4, -0.2) is 9.55 Å². The van der Waals surface area contributed by atoms with Gasteiger partial charge in [-0.1, -0.05) is 164 Å². The minimum atomic E-state index is -0.227. The predicted molar refractivity (Wildman–Crippen MR) is 266 cm³/mol. The van der Waals surface area contributed by atoms with Crippen LogP contribution in [0.3, 0.4) is 0 Å². The van der Waals surface area contributed by atoms with Gasteiger partial charge in [0.05, 0.1) is 0 Å². The quantitative estimate of drug-likeness (QED) is 0.155. The van der Waals surface area contributed by atoms with E-state index in [1.54, 1.807) is 0 Å². The molecule has 0 saturated carbocycles. The molecule has 0 amide bonds. The van der Waals surface area contributed by atoms with E-state index in [-0.39, 0.29) is 48.1 Å². The molecule has 6 heteroatoms. The van der Waals surface area contributed by atoms with Crippen LogP contribution in [0.1, 0.15) is 121 Å². The van der Waals surface area contributed by atoms with Gasteiger partial charge in [0.1, 0.15) is 5.82 Å². The van der Waals surface area contributed by atoms with E-state index in [1.165, 1.54) is 33.6 Å². The zero-order chi connectivity index (χ0) is 45.4. The van der Waals surface area contributed by atoms with Crippen LogP contribution >= 0.6 is 0 Å². The molecule has 1 aliphatic heterocycles. The van der Waals surface area contributed by atoms with Crippen LogP contribution in [0, 0.1) is 29.6 Å². The number of aromatic nitrogens is 2. The van der Waals surface area contributed by atoms with E-state index in [0.29, 0.717) is 11.5 Å². The number of pyridine rings is 1. The Hall–Kier alpha value is -5.12. The fraction of sp³-hybridized carbons (Fsp3) is 0.345. The van der Waals surface area contributed by atoms with Crippen molar-refractivity contribution in [2.45, 2.75) is 120 Å². The topological polar surface area (TPSA) is 33.5 Å². The van der Waals surface area contributed by atoms with Crippen LogP contribution in [0.2, 0.25) is 0 Å². The third-order valence-corrected chi connectivity index (χ3v) is 12.1. The maximum atomic E-state index is 6.92. The average molecular weight is 1030 g/mol. The molecular formula is C58H65N4OPt-3. The van der Waals surface area contributed by atoms with Gasteiger partial charge in [0.2, 0.25) is 0 Å². The van der Waals surface area contributed by atoms with Crippen molar-refractivity contribution in [3.8, 4) is 28.4 Å². The van der Waals surface area contributed by atoms with Gasteiger partial charge in [-0.05, 0) is 74.2 Å². The molecule has 0 aliphatic carbocycles. The molecule has 0 saturated heterocycles. The second-order valence-electron chi connectivity index (χ2n) is 22.5. The fourth-order valence-electron chi connectivity index (χ4n) is 8.69. The van der Waals surface area contributed by atoms with Crippen molar-refractivity contribution < 1.29 is 25.8 Å². The minimum Gasteiger partial charge on any atom is -0.509 e. The third-order valence-electron chi connectivity index (χ3n) is 12.1. The number of nitrogens with zero attached hydrogens (tertiary/aromatic N) is 4. The van der Waals surface area contributed by atoms with Crippen molar-refractivity contribution in [1.82, 2.24) is 9.55 Å². The molecule has 7 aromatic rings. The molecule has 0 unspecified atom stereocenters. The van der Waals surface area contributed by atoms with E-state index in [4.69, 9.17) is 9.72 Å². The Kier molecular flexibility index (Phi) is 12.2. The van der Waals surface area contributed by atoms with Crippen molar-refractivity contribution in [2.24, 2.45) is 10.8 Å². The van der Waals surface area contributed by atoms with Gasteiger partial charge < -0.3 is 19.1 Å². The Morgan fingerprint density at radius 2 is 1.11 bits per heavy atom. The summed E-state index contributed by atoms with van der Waals surface area (Å²) in [6.07, 6.45) is 1.91. The van der Waals surface area contributed by atoms with Crippen molar-refractivity contribution in [2.75, 3.05) is 9.80 Å². The normalized spacial score (nSPS) is 14.2. The molecule has 0 N–H and O–H groups in total. The van der Waals surface area contributed by atoms with Gasteiger partial charge in [-0.3, -0.25) is 0 Å². The zero-order valence-electron chi connectivity index (χ0n) is 40.6. The Balaban J connectivity index is 0.00000612. The van der Waals surface area contributed by atoms with Crippen molar-refractivity contribution in [1.29, 1.82) is 0 Å². The summed E-state index contributed by atoms with van der Waals surface area (Å²) in [5.41, 5.74) is 12.0. The van der Waals surface area contributed by atoms with Crippen molar-refractivity contribution in [3.05, 3.63) is 162 Å². The molecule has 64 heavy (non-hydrogen) atoms. The number of rotatable bonds is 6. The number of allylic oxidation sites excluding steroid dienone is 2. The summed E-state index contributed by atoms with van der Waals surface area (Å²) >= 11 is 0. The maximum Gasteiger partial charge on any atom is 0.135 e. The molecule has 0 spiro atoms. The summed E-state index contributed by atoms with van der Waals surface area (Å²) in [4.78, 5) is 9.70.